The molecule has 0 atom stereocenters. The van der Waals surface area contributed by atoms with Gasteiger partial charge in [0, 0.05) is 5.69 Å². The Morgan fingerprint density at radius 2 is 1.83 bits per heavy atom. The minimum Gasteiger partial charge on any atom is -0.543 e. The SMILES string of the molecule is CCOc1ccc(NC(=O)Cn2nnc(C(=O)[O-])c2C(=O)[O-])cc1. The Hall–Kier alpha value is -3.43. The molecule has 1 aromatic carbocycles. The normalized spacial score (nSPS) is 10.2. The monoisotopic (exact) mass is 332 g/mol. The molecule has 10 nitrogen and oxygen atoms in total. The van der Waals surface area contributed by atoms with Gasteiger partial charge < -0.3 is 29.9 Å². The summed E-state index contributed by atoms with van der Waals surface area (Å²) in [7, 11) is 0. The fourth-order valence-corrected chi connectivity index (χ4v) is 1.90. The van der Waals surface area contributed by atoms with Crippen LogP contribution in [-0.4, -0.2) is 39.4 Å². The van der Waals surface area contributed by atoms with Crippen LogP contribution in [0.3, 0.4) is 0 Å². The highest BCUT2D eigenvalue weighted by molar-refractivity contribution is 5.98. The van der Waals surface area contributed by atoms with Gasteiger partial charge in [0.1, 0.15) is 23.7 Å². The smallest absolute Gasteiger partial charge is 0.246 e. The number of carbonyl (C=O) groups is 3. The maximum absolute atomic E-state index is 11.9. The molecule has 1 amide bonds. The predicted octanol–water partition coefficient (Wildman–Crippen LogP) is -1.96. The minimum absolute atomic E-state index is 0.443. The van der Waals surface area contributed by atoms with E-state index >= 15 is 0 Å². The zero-order chi connectivity index (χ0) is 17.7. The number of amides is 1. The molecule has 0 saturated heterocycles. The fraction of sp³-hybridized carbons (Fsp3) is 0.214. The van der Waals surface area contributed by atoms with Crippen LogP contribution in [0.4, 0.5) is 5.69 Å². The second-order valence-electron chi connectivity index (χ2n) is 4.52. The maximum Gasteiger partial charge on any atom is 0.246 e. The van der Waals surface area contributed by atoms with Crippen molar-refractivity contribution in [2.75, 3.05) is 11.9 Å². The first kappa shape index (κ1) is 16.9. The molecular formula is C14H12N4O6-2. The molecule has 2 rings (SSSR count). The van der Waals surface area contributed by atoms with Crippen LogP contribution >= 0.6 is 0 Å². The van der Waals surface area contributed by atoms with Crippen molar-refractivity contribution in [1.29, 1.82) is 0 Å². The number of benzene rings is 1. The van der Waals surface area contributed by atoms with E-state index in [-0.39, 0.29) is 0 Å². The van der Waals surface area contributed by atoms with Crippen LogP contribution in [0.15, 0.2) is 24.3 Å². The average molecular weight is 332 g/mol. The van der Waals surface area contributed by atoms with Gasteiger partial charge in [0.25, 0.3) is 0 Å². The molecular weight excluding hydrogens is 320 g/mol. The third-order valence-corrected chi connectivity index (χ3v) is 2.86. The predicted molar refractivity (Wildman–Crippen MR) is 74.9 cm³/mol. The average Bonchev–Trinajstić information content (AvgIpc) is 2.93. The van der Waals surface area contributed by atoms with E-state index < -0.39 is 35.8 Å². The van der Waals surface area contributed by atoms with Crippen molar-refractivity contribution in [2.45, 2.75) is 13.5 Å². The van der Waals surface area contributed by atoms with Gasteiger partial charge in [0.2, 0.25) is 5.91 Å². The standard InChI is InChI=1S/C14H14N4O6/c1-2-24-9-5-3-8(4-6-9)15-10(19)7-18-12(14(22)23)11(13(20)21)16-17-18/h3-6H,2,7H2,1H3,(H,15,19)(H,20,21)(H,22,23)/p-2. The highest BCUT2D eigenvalue weighted by Gasteiger charge is 2.17. The van der Waals surface area contributed by atoms with Gasteiger partial charge in [-0.05, 0) is 31.2 Å². The number of ether oxygens (including phenoxy) is 1. The first-order chi connectivity index (χ1) is 11.4. The van der Waals surface area contributed by atoms with Gasteiger partial charge in [-0.2, -0.15) is 0 Å². The second-order valence-corrected chi connectivity index (χ2v) is 4.52. The molecule has 0 radical (unpaired) electrons. The maximum atomic E-state index is 11.9. The number of hydrogen-bond donors (Lipinski definition) is 1. The van der Waals surface area contributed by atoms with E-state index in [0.717, 1.165) is 0 Å². The molecule has 0 fully saturated rings. The number of nitrogens with zero attached hydrogens (tertiary/aromatic N) is 3. The Bertz CT molecular complexity index is 768. The quantitative estimate of drug-likeness (QED) is 0.614. The van der Waals surface area contributed by atoms with Gasteiger partial charge >= 0.3 is 0 Å². The Labute approximate surface area is 135 Å². The number of aromatic carboxylic acids is 2. The Morgan fingerprint density at radius 1 is 1.17 bits per heavy atom. The van der Waals surface area contributed by atoms with Crippen molar-refractivity contribution in [3.63, 3.8) is 0 Å². The van der Waals surface area contributed by atoms with Crippen LogP contribution < -0.4 is 20.3 Å². The van der Waals surface area contributed by atoms with Gasteiger partial charge in [0.05, 0.1) is 18.5 Å². The van der Waals surface area contributed by atoms with Crippen LogP contribution in [0.25, 0.3) is 0 Å². The third kappa shape index (κ3) is 3.85. The van der Waals surface area contributed by atoms with E-state index in [1.54, 1.807) is 24.3 Å². The lowest BCUT2D eigenvalue weighted by molar-refractivity contribution is -0.260. The summed E-state index contributed by atoms with van der Waals surface area (Å²) >= 11 is 0. The molecule has 24 heavy (non-hydrogen) atoms. The van der Waals surface area contributed by atoms with E-state index in [1.165, 1.54) is 0 Å². The zero-order valence-electron chi connectivity index (χ0n) is 12.5. The van der Waals surface area contributed by atoms with E-state index in [1.807, 2.05) is 6.92 Å². The molecule has 1 heterocycles. The Kier molecular flexibility index (Phi) is 5.09. The molecule has 0 unspecified atom stereocenters. The number of carbonyl (C=O) groups excluding carboxylic acids is 3. The number of carboxylic acids is 2. The summed E-state index contributed by atoms with van der Waals surface area (Å²) in [5.41, 5.74) is -1.29. The lowest BCUT2D eigenvalue weighted by atomic mass is 10.3. The molecule has 0 aliphatic carbocycles. The van der Waals surface area contributed by atoms with Crippen molar-refractivity contribution in [2.24, 2.45) is 0 Å². The number of anilines is 1. The highest BCUT2D eigenvalue weighted by Crippen LogP contribution is 2.15. The van der Waals surface area contributed by atoms with Crippen LogP contribution in [0.2, 0.25) is 0 Å². The van der Waals surface area contributed by atoms with Crippen LogP contribution in [0, 0.1) is 0 Å². The second kappa shape index (κ2) is 7.22. The largest absolute Gasteiger partial charge is 0.543 e. The number of aromatic nitrogens is 3. The molecule has 0 bridgehead atoms. The van der Waals surface area contributed by atoms with Crippen molar-refractivity contribution in [3.05, 3.63) is 35.7 Å². The van der Waals surface area contributed by atoms with Crippen molar-refractivity contribution in [3.8, 4) is 5.75 Å². The molecule has 0 aliphatic heterocycles. The summed E-state index contributed by atoms with van der Waals surface area (Å²) < 4.78 is 5.88. The Morgan fingerprint density at radius 3 is 2.38 bits per heavy atom. The van der Waals surface area contributed by atoms with Crippen LogP contribution in [0.1, 0.15) is 27.9 Å². The third-order valence-electron chi connectivity index (χ3n) is 2.86. The summed E-state index contributed by atoms with van der Waals surface area (Å²) in [6.45, 7) is 1.78. The highest BCUT2D eigenvalue weighted by atomic mass is 16.5. The van der Waals surface area contributed by atoms with Crippen LogP contribution in [-0.2, 0) is 11.3 Å². The molecule has 0 saturated carbocycles. The van der Waals surface area contributed by atoms with Crippen LogP contribution in [0.5, 0.6) is 5.75 Å². The fourth-order valence-electron chi connectivity index (χ4n) is 1.90. The lowest BCUT2D eigenvalue weighted by Crippen LogP contribution is -2.33. The van der Waals surface area contributed by atoms with Crippen molar-refractivity contribution < 1.29 is 29.3 Å². The van der Waals surface area contributed by atoms with Gasteiger partial charge in [0.15, 0.2) is 0 Å². The molecule has 0 aliphatic rings. The lowest BCUT2D eigenvalue weighted by Gasteiger charge is -2.10. The summed E-state index contributed by atoms with van der Waals surface area (Å²) in [6.07, 6.45) is 0. The van der Waals surface area contributed by atoms with E-state index in [9.17, 15) is 24.6 Å². The first-order valence-corrected chi connectivity index (χ1v) is 6.81. The summed E-state index contributed by atoms with van der Waals surface area (Å²) in [4.78, 5) is 33.7. The van der Waals surface area contributed by atoms with E-state index in [4.69, 9.17) is 4.74 Å². The Balaban J connectivity index is 2.10. The summed E-state index contributed by atoms with van der Waals surface area (Å²) in [5, 5.41) is 30.8. The number of carboxylic acid groups (broad SMARTS) is 2. The molecule has 0 spiro atoms. The van der Waals surface area contributed by atoms with Gasteiger partial charge in [-0.1, -0.05) is 5.21 Å². The molecule has 126 valence electrons. The molecule has 1 N–H and O–H groups in total. The van der Waals surface area contributed by atoms with Crippen molar-refractivity contribution in [1.82, 2.24) is 15.0 Å². The molecule has 2 aromatic rings. The van der Waals surface area contributed by atoms with Gasteiger partial charge in [-0.25, -0.2) is 4.68 Å². The topological polar surface area (TPSA) is 149 Å². The number of hydrogen-bond acceptors (Lipinski definition) is 8. The van der Waals surface area contributed by atoms with E-state index in [0.29, 0.717) is 22.7 Å². The number of rotatable bonds is 7. The minimum atomic E-state index is -1.83. The zero-order valence-corrected chi connectivity index (χ0v) is 12.5. The van der Waals surface area contributed by atoms with E-state index in [2.05, 4.69) is 15.6 Å². The number of nitrogens with one attached hydrogen (secondary N) is 1. The first-order valence-electron chi connectivity index (χ1n) is 6.81. The van der Waals surface area contributed by atoms with Crippen molar-refractivity contribution >= 4 is 23.5 Å². The summed E-state index contributed by atoms with van der Waals surface area (Å²) in [5.74, 6) is -3.65. The molecule has 10 heteroatoms. The van der Waals surface area contributed by atoms with Gasteiger partial charge in [-0.15, -0.1) is 5.10 Å². The molecule has 1 aromatic heterocycles. The van der Waals surface area contributed by atoms with Gasteiger partial charge in [-0.3, -0.25) is 4.79 Å². The summed E-state index contributed by atoms with van der Waals surface area (Å²) in [6, 6.07) is 6.48.